The van der Waals surface area contributed by atoms with E-state index in [0.717, 1.165) is 19.3 Å². The van der Waals surface area contributed by atoms with Gasteiger partial charge in [-0.15, -0.1) is 0 Å². The zero-order chi connectivity index (χ0) is 16.5. The zero-order valence-corrected chi connectivity index (χ0v) is 14.4. The van der Waals surface area contributed by atoms with E-state index in [1.807, 2.05) is 0 Å². The predicted octanol–water partition coefficient (Wildman–Crippen LogP) is 5.80. The summed E-state index contributed by atoms with van der Waals surface area (Å²) in [4.78, 5) is 14.5. The molecule has 0 bridgehead atoms. The first-order chi connectivity index (χ1) is 10.7. The van der Waals surface area contributed by atoms with E-state index in [2.05, 4.69) is 11.8 Å². The average Bonchev–Trinajstić information content (AvgIpc) is 2.51. The summed E-state index contributed by atoms with van der Waals surface area (Å²) in [5.74, 6) is -1.09. The molecule has 2 N–H and O–H groups in total. The van der Waals surface area contributed by atoms with E-state index in [0.29, 0.717) is 6.42 Å². The molecule has 0 saturated carbocycles. The Morgan fingerprint density at radius 3 is 1.45 bits per heavy atom. The molecular formula is C18H36O4. The van der Waals surface area contributed by atoms with Crippen LogP contribution in [0.4, 0.5) is 0 Å². The van der Waals surface area contributed by atoms with E-state index >= 15 is 0 Å². The van der Waals surface area contributed by atoms with Gasteiger partial charge < -0.3 is 5.11 Å². The molecule has 0 heterocycles. The first-order valence-corrected chi connectivity index (χ1v) is 9.25. The Labute approximate surface area is 136 Å². The van der Waals surface area contributed by atoms with Crippen molar-refractivity contribution in [3.63, 3.8) is 0 Å². The lowest BCUT2D eigenvalue weighted by Crippen LogP contribution is -2.22. The van der Waals surface area contributed by atoms with Gasteiger partial charge in [-0.1, -0.05) is 96.8 Å². The van der Waals surface area contributed by atoms with Crippen molar-refractivity contribution in [1.29, 1.82) is 0 Å². The van der Waals surface area contributed by atoms with Crippen molar-refractivity contribution in [3.8, 4) is 0 Å². The van der Waals surface area contributed by atoms with Gasteiger partial charge in [0.2, 0.25) is 0 Å². The molecule has 0 rings (SSSR count). The zero-order valence-electron chi connectivity index (χ0n) is 14.4. The van der Waals surface area contributed by atoms with Gasteiger partial charge in [0.25, 0.3) is 0 Å². The van der Waals surface area contributed by atoms with Crippen LogP contribution in [0.25, 0.3) is 0 Å². The largest absolute Gasteiger partial charge is 0.479 e. The number of aliphatic carboxylic acids is 1. The number of carboxylic acids is 1. The Balaban J connectivity index is 3.13. The summed E-state index contributed by atoms with van der Waals surface area (Å²) >= 11 is 0. The Morgan fingerprint density at radius 2 is 1.14 bits per heavy atom. The number of unbranched alkanes of at least 4 members (excludes halogenated alkanes) is 13. The predicted molar refractivity (Wildman–Crippen MR) is 90.1 cm³/mol. The first kappa shape index (κ1) is 21.4. The summed E-state index contributed by atoms with van der Waals surface area (Å²) in [5.41, 5.74) is 0. The van der Waals surface area contributed by atoms with Gasteiger partial charge in [-0.3, -0.25) is 5.26 Å². The van der Waals surface area contributed by atoms with Crippen LogP contribution in [-0.2, 0) is 9.68 Å². The third kappa shape index (κ3) is 14.3. The second kappa shape index (κ2) is 16.8. The molecule has 22 heavy (non-hydrogen) atoms. The SMILES string of the molecule is CCCCCCCCCCCCCCCCC(OO)C(=O)O. The molecule has 4 heteroatoms. The summed E-state index contributed by atoms with van der Waals surface area (Å²) in [6.45, 7) is 2.25. The molecule has 0 aromatic carbocycles. The van der Waals surface area contributed by atoms with Crippen molar-refractivity contribution in [1.82, 2.24) is 0 Å². The summed E-state index contributed by atoms with van der Waals surface area (Å²) in [7, 11) is 0. The van der Waals surface area contributed by atoms with Crippen LogP contribution in [0, 0.1) is 0 Å². The Kier molecular flexibility index (Phi) is 16.3. The maximum Gasteiger partial charge on any atom is 0.336 e. The molecule has 0 aliphatic heterocycles. The molecule has 1 atom stereocenters. The molecule has 0 radical (unpaired) electrons. The van der Waals surface area contributed by atoms with E-state index < -0.39 is 12.1 Å². The number of hydrogen-bond donors (Lipinski definition) is 2. The van der Waals surface area contributed by atoms with Gasteiger partial charge >= 0.3 is 5.97 Å². The monoisotopic (exact) mass is 316 g/mol. The molecule has 4 nitrogen and oxygen atoms in total. The normalized spacial score (nSPS) is 12.5. The van der Waals surface area contributed by atoms with Gasteiger partial charge in [0.15, 0.2) is 6.10 Å². The van der Waals surface area contributed by atoms with Crippen LogP contribution in [0.15, 0.2) is 0 Å². The van der Waals surface area contributed by atoms with Crippen molar-refractivity contribution in [2.75, 3.05) is 0 Å². The standard InChI is InChI=1S/C18H36O4/c1-2-3-4-5-6-7-8-9-10-11-12-13-14-15-16-17(22-21)18(19)20/h17,21H,2-16H2,1H3,(H,19,20). The van der Waals surface area contributed by atoms with Crippen LogP contribution in [0.5, 0.6) is 0 Å². The highest BCUT2D eigenvalue weighted by atomic mass is 17.1. The summed E-state index contributed by atoms with van der Waals surface area (Å²) in [5, 5.41) is 17.1. The van der Waals surface area contributed by atoms with Crippen LogP contribution in [0.1, 0.15) is 103 Å². The van der Waals surface area contributed by atoms with Gasteiger partial charge in [0, 0.05) is 0 Å². The smallest absolute Gasteiger partial charge is 0.336 e. The lowest BCUT2D eigenvalue weighted by molar-refractivity contribution is -0.277. The maximum absolute atomic E-state index is 10.6. The fraction of sp³-hybridized carbons (Fsp3) is 0.944. The highest BCUT2D eigenvalue weighted by Crippen LogP contribution is 2.14. The van der Waals surface area contributed by atoms with Gasteiger partial charge in [0.05, 0.1) is 0 Å². The molecule has 0 aromatic heterocycles. The van der Waals surface area contributed by atoms with Gasteiger partial charge in [-0.25, -0.2) is 9.68 Å². The van der Waals surface area contributed by atoms with Crippen LogP contribution in [-0.4, -0.2) is 22.4 Å². The minimum absolute atomic E-state index is 0.393. The van der Waals surface area contributed by atoms with Crippen LogP contribution in [0.2, 0.25) is 0 Å². The average molecular weight is 316 g/mol. The Hall–Kier alpha value is -0.610. The van der Waals surface area contributed by atoms with E-state index in [1.54, 1.807) is 0 Å². The van der Waals surface area contributed by atoms with Crippen LogP contribution in [0.3, 0.4) is 0 Å². The highest BCUT2D eigenvalue weighted by Gasteiger charge is 2.16. The quantitative estimate of drug-likeness (QED) is 0.202. The van der Waals surface area contributed by atoms with Crippen molar-refractivity contribution in [2.45, 2.75) is 109 Å². The number of rotatable bonds is 17. The van der Waals surface area contributed by atoms with Crippen molar-refractivity contribution >= 4 is 5.97 Å². The molecule has 0 fully saturated rings. The molecule has 1 unspecified atom stereocenters. The Morgan fingerprint density at radius 1 is 0.773 bits per heavy atom. The van der Waals surface area contributed by atoms with Gasteiger partial charge in [0.1, 0.15) is 0 Å². The number of hydrogen-bond acceptors (Lipinski definition) is 3. The first-order valence-electron chi connectivity index (χ1n) is 9.25. The van der Waals surface area contributed by atoms with Gasteiger partial charge in [-0.05, 0) is 6.42 Å². The van der Waals surface area contributed by atoms with E-state index in [4.69, 9.17) is 10.4 Å². The summed E-state index contributed by atoms with van der Waals surface area (Å²) in [6, 6.07) is 0. The second-order valence-electron chi connectivity index (χ2n) is 6.32. The fourth-order valence-electron chi connectivity index (χ4n) is 2.75. The molecule has 0 aliphatic rings. The lowest BCUT2D eigenvalue weighted by Gasteiger charge is -2.07. The third-order valence-corrected chi connectivity index (χ3v) is 4.22. The molecule has 0 saturated heterocycles. The molecule has 0 spiro atoms. The highest BCUT2D eigenvalue weighted by molar-refractivity contribution is 5.72. The molecule has 0 amide bonds. The number of carbonyl (C=O) groups is 1. The van der Waals surface area contributed by atoms with E-state index in [9.17, 15) is 4.79 Å². The summed E-state index contributed by atoms with van der Waals surface area (Å²) in [6.07, 6.45) is 17.2. The van der Waals surface area contributed by atoms with Crippen molar-refractivity contribution in [2.24, 2.45) is 0 Å². The molecule has 0 aromatic rings. The second-order valence-corrected chi connectivity index (χ2v) is 6.32. The maximum atomic E-state index is 10.6. The molecule has 132 valence electrons. The molecule has 0 aliphatic carbocycles. The van der Waals surface area contributed by atoms with Crippen molar-refractivity contribution < 1.29 is 20.0 Å². The van der Waals surface area contributed by atoms with Crippen LogP contribution < -0.4 is 0 Å². The fourth-order valence-corrected chi connectivity index (χ4v) is 2.75. The summed E-state index contributed by atoms with van der Waals surface area (Å²) < 4.78 is 0. The van der Waals surface area contributed by atoms with Crippen LogP contribution >= 0.6 is 0 Å². The lowest BCUT2D eigenvalue weighted by atomic mass is 10.0. The van der Waals surface area contributed by atoms with Gasteiger partial charge in [-0.2, -0.15) is 0 Å². The Bertz CT molecular complexity index is 243. The van der Waals surface area contributed by atoms with E-state index in [-0.39, 0.29) is 0 Å². The third-order valence-electron chi connectivity index (χ3n) is 4.22. The minimum Gasteiger partial charge on any atom is -0.479 e. The molecular weight excluding hydrogens is 280 g/mol. The topological polar surface area (TPSA) is 66.8 Å². The minimum atomic E-state index is -1.09. The number of carboxylic acid groups (broad SMARTS) is 1. The van der Waals surface area contributed by atoms with Crippen molar-refractivity contribution in [3.05, 3.63) is 0 Å². The van der Waals surface area contributed by atoms with E-state index in [1.165, 1.54) is 70.6 Å².